The van der Waals surface area contributed by atoms with Gasteiger partial charge in [0, 0.05) is 6.20 Å². The molecular weight excluding hydrogens is 272 g/mol. The number of alkyl halides is 6. The lowest BCUT2D eigenvalue weighted by molar-refractivity contribution is -0.275. The molecule has 0 aliphatic carbocycles. The first-order valence-electron chi connectivity index (χ1n) is 4.10. The lowest BCUT2D eigenvalue weighted by Gasteiger charge is -2.14. The van der Waals surface area contributed by atoms with Crippen molar-refractivity contribution in [3.05, 3.63) is 27.7 Å². The molecule has 1 aromatic heterocycles. The topological polar surface area (TPSA) is 59.2 Å². The van der Waals surface area contributed by atoms with E-state index in [9.17, 15) is 35.9 Å². The number of hydrogen-bond acceptors (Lipinski definition) is 3. The Morgan fingerprint density at radius 3 is 2.11 bits per heavy atom. The molecule has 0 spiro atoms. The summed E-state index contributed by atoms with van der Waals surface area (Å²) in [7, 11) is 0. The minimum absolute atomic E-state index is 0.231. The molecule has 0 aromatic carbocycles. The number of H-pyrrole nitrogens is 1. The second-order valence-electron chi connectivity index (χ2n) is 2.93. The van der Waals surface area contributed by atoms with Gasteiger partial charge in [-0.3, -0.25) is 9.59 Å². The highest BCUT2D eigenvalue weighted by atomic mass is 19.4. The highest BCUT2D eigenvalue weighted by Gasteiger charge is 2.40. The number of aldehydes is 1. The highest BCUT2D eigenvalue weighted by Crippen LogP contribution is 2.33. The number of nitrogens with one attached hydrogen (secondary N) is 1. The summed E-state index contributed by atoms with van der Waals surface area (Å²) >= 11 is 0. The van der Waals surface area contributed by atoms with Crippen molar-refractivity contribution in [3.63, 3.8) is 0 Å². The number of hydrogen-bond donors (Lipinski definition) is 1. The zero-order valence-corrected chi connectivity index (χ0v) is 8.15. The fourth-order valence-corrected chi connectivity index (χ4v) is 1.13. The number of aromatic nitrogens is 1. The number of halogens is 6. The third kappa shape index (κ3) is 3.02. The van der Waals surface area contributed by atoms with Crippen molar-refractivity contribution in [1.29, 1.82) is 0 Å². The van der Waals surface area contributed by atoms with Crippen LogP contribution in [0.5, 0.6) is 5.75 Å². The molecule has 1 heterocycles. The van der Waals surface area contributed by atoms with Crippen molar-refractivity contribution in [3.8, 4) is 5.75 Å². The van der Waals surface area contributed by atoms with Crippen LogP contribution in [-0.2, 0) is 6.18 Å². The van der Waals surface area contributed by atoms with Crippen LogP contribution >= 0.6 is 0 Å². The molecule has 0 fully saturated rings. The second-order valence-corrected chi connectivity index (χ2v) is 2.93. The van der Waals surface area contributed by atoms with Gasteiger partial charge in [-0.25, -0.2) is 0 Å². The van der Waals surface area contributed by atoms with E-state index in [1.807, 2.05) is 0 Å². The zero-order valence-electron chi connectivity index (χ0n) is 8.15. The van der Waals surface area contributed by atoms with Gasteiger partial charge in [-0.1, -0.05) is 0 Å². The van der Waals surface area contributed by atoms with E-state index in [4.69, 9.17) is 0 Å². The van der Waals surface area contributed by atoms with Gasteiger partial charge in [0.15, 0.2) is 12.0 Å². The van der Waals surface area contributed by atoms with Gasteiger partial charge in [-0.05, 0) is 0 Å². The summed E-state index contributed by atoms with van der Waals surface area (Å²) in [6, 6.07) is 0. The second kappa shape index (κ2) is 4.35. The summed E-state index contributed by atoms with van der Waals surface area (Å²) in [5.74, 6) is -1.43. The normalized spacial score (nSPS) is 12.3. The van der Waals surface area contributed by atoms with Crippen LogP contribution in [0.25, 0.3) is 0 Å². The van der Waals surface area contributed by atoms with Crippen molar-refractivity contribution >= 4 is 6.29 Å². The smallest absolute Gasteiger partial charge is 0.403 e. The first-order valence-corrected chi connectivity index (χ1v) is 4.10. The standard InChI is InChI=1S/C8H3F6NO3/c9-7(10,11)5-3(2-16)4(1-15-6(5)17)18-8(12,13)14/h1-2H,(H,15,17). The van der Waals surface area contributed by atoms with Crippen molar-refractivity contribution in [1.82, 2.24) is 4.98 Å². The fraction of sp³-hybridized carbons (Fsp3) is 0.250. The van der Waals surface area contributed by atoms with Crippen LogP contribution < -0.4 is 10.3 Å². The average molecular weight is 275 g/mol. The van der Waals surface area contributed by atoms with Gasteiger partial charge in [0.2, 0.25) is 0 Å². The Morgan fingerprint density at radius 2 is 1.72 bits per heavy atom. The van der Waals surface area contributed by atoms with Crippen LogP contribution in [-0.4, -0.2) is 17.6 Å². The molecule has 4 nitrogen and oxygen atoms in total. The maximum absolute atomic E-state index is 12.4. The van der Waals surface area contributed by atoms with Crippen molar-refractivity contribution in [2.24, 2.45) is 0 Å². The monoisotopic (exact) mass is 275 g/mol. The molecule has 1 N–H and O–H groups in total. The minimum atomic E-state index is -5.29. The Morgan fingerprint density at radius 1 is 1.17 bits per heavy atom. The summed E-state index contributed by atoms with van der Waals surface area (Å²) in [6.45, 7) is 0. The molecule has 0 bridgehead atoms. The van der Waals surface area contributed by atoms with Crippen LogP contribution in [0, 0.1) is 0 Å². The maximum atomic E-state index is 12.4. The number of pyridine rings is 1. The number of ether oxygens (including phenoxy) is 1. The van der Waals surface area contributed by atoms with Gasteiger partial charge < -0.3 is 9.72 Å². The van der Waals surface area contributed by atoms with Crippen LogP contribution in [0.4, 0.5) is 26.3 Å². The minimum Gasteiger partial charge on any atom is -0.403 e. The Hall–Kier alpha value is -2.00. The maximum Gasteiger partial charge on any atom is 0.573 e. The predicted octanol–water partition coefficient (Wildman–Crippen LogP) is 2.10. The summed E-state index contributed by atoms with van der Waals surface area (Å²) in [5, 5.41) is 0. The molecule has 0 amide bonds. The third-order valence-electron chi connectivity index (χ3n) is 1.72. The largest absolute Gasteiger partial charge is 0.573 e. The number of carbonyl (C=O) groups is 1. The van der Waals surface area contributed by atoms with Gasteiger partial charge in [-0.2, -0.15) is 13.2 Å². The molecule has 0 atom stereocenters. The van der Waals surface area contributed by atoms with Gasteiger partial charge in [0.25, 0.3) is 5.56 Å². The van der Waals surface area contributed by atoms with Crippen LogP contribution in [0.15, 0.2) is 11.0 Å². The molecule has 10 heteroatoms. The number of rotatable bonds is 2. The average Bonchev–Trinajstić information content (AvgIpc) is 2.16. The lowest BCUT2D eigenvalue weighted by Crippen LogP contribution is -2.26. The molecule has 0 saturated carbocycles. The number of carbonyl (C=O) groups excluding carboxylic acids is 1. The summed E-state index contributed by atoms with van der Waals surface area (Å²) < 4.78 is 76.0. The first kappa shape index (κ1) is 14.1. The van der Waals surface area contributed by atoms with E-state index >= 15 is 0 Å². The Balaban J connectivity index is 3.49. The summed E-state index contributed by atoms with van der Waals surface area (Å²) in [6.07, 6.45) is -10.9. The molecule has 1 aromatic rings. The van der Waals surface area contributed by atoms with E-state index in [2.05, 4.69) is 4.74 Å². The van der Waals surface area contributed by atoms with E-state index in [0.717, 1.165) is 0 Å². The van der Waals surface area contributed by atoms with Crippen molar-refractivity contribution < 1.29 is 35.9 Å². The molecule has 1 rings (SSSR count). The lowest BCUT2D eigenvalue weighted by atomic mass is 10.1. The van der Waals surface area contributed by atoms with Gasteiger partial charge in [0.1, 0.15) is 5.56 Å². The fourth-order valence-electron chi connectivity index (χ4n) is 1.13. The first-order chi connectivity index (χ1) is 8.06. The van der Waals surface area contributed by atoms with E-state index in [-0.39, 0.29) is 6.20 Å². The highest BCUT2D eigenvalue weighted by molar-refractivity contribution is 5.81. The summed E-state index contributed by atoms with van der Waals surface area (Å²) in [4.78, 5) is 22.7. The molecule has 100 valence electrons. The van der Waals surface area contributed by atoms with E-state index in [0.29, 0.717) is 0 Å². The molecule has 0 aliphatic heterocycles. The van der Waals surface area contributed by atoms with Crippen LogP contribution in [0.1, 0.15) is 15.9 Å². The SMILES string of the molecule is O=Cc1c(OC(F)(F)F)c[nH]c(=O)c1C(F)(F)F. The van der Waals surface area contributed by atoms with E-state index < -0.39 is 41.3 Å². The molecule has 0 radical (unpaired) electrons. The summed E-state index contributed by atoms with van der Waals surface area (Å²) in [5.41, 5.74) is -5.29. The molecule has 18 heavy (non-hydrogen) atoms. The van der Waals surface area contributed by atoms with E-state index in [1.165, 1.54) is 4.98 Å². The van der Waals surface area contributed by atoms with Gasteiger partial charge in [-0.15, -0.1) is 13.2 Å². The zero-order chi connectivity index (χ0) is 14.1. The predicted molar refractivity (Wildman–Crippen MR) is 44.1 cm³/mol. The quantitative estimate of drug-likeness (QED) is 0.664. The van der Waals surface area contributed by atoms with Gasteiger partial charge >= 0.3 is 12.5 Å². The van der Waals surface area contributed by atoms with Crippen molar-refractivity contribution in [2.75, 3.05) is 0 Å². The Bertz CT molecular complexity index is 515. The van der Waals surface area contributed by atoms with E-state index in [1.54, 1.807) is 0 Å². The Kier molecular flexibility index (Phi) is 3.40. The third-order valence-corrected chi connectivity index (χ3v) is 1.72. The van der Waals surface area contributed by atoms with Crippen LogP contribution in [0.2, 0.25) is 0 Å². The number of aromatic amines is 1. The van der Waals surface area contributed by atoms with Gasteiger partial charge in [0.05, 0.1) is 5.56 Å². The molecule has 0 saturated heterocycles. The molecule has 0 aliphatic rings. The molecular formula is C8H3F6NO3. The Labute approximate surface area is 94.2 Å². The molecule has 0 unspecified atom stereocenters. The van der Waals surface area contributed by atoms with Crippen molar-refractivity contribution in [2.45, 2.75) is 12.5 Å². The van der Waals surface area contributed by atoms with Crippen LogP contribution in [0.3, 0.4) is 0 Å².